The summed E-state index contributed by atoms with van der Waals surface area (Å²) in [7, 11) is 3.16. The molecule has 0 atom stereocenters. The summed E-state index contributed by atoms with van der Waals surface area (Å²) in [4.78, 5) is 27.5. The number of aromatic nitrogens is 3. The highest BCUT2D eigenvalue weighted by molar-refractivity contribution is 5.76. The van der Waals surface area contributed by atoms with E-state index < -0.39 is 0 Å². The molecule has 0 aliphatic heterocycles. The second-order valence-electron chi connectivity index (χ2n) is 7.81. The first-order chi connectivity index (χ1) is 17.5. The highest BCUT2D eigenvalue weighted by Gasteiger charge is 2.12. The van der Waals surface area contributed by atoms with Crippen molar-refractivity contribution in [2.24, 2.45) is 0 Å². The maximum atomic E-state index is 12.5. The summed E-state index contributed by atoms with van der Waals surface area (Å²) in [6.07, 6.45) is 1.03. The van der Waals surface area contributed by atoms with E-state index in [4.69, 9.17) is 18.9 Å². The third kappa shape index (κ3) is 7.81. The molecule has 0 bridgehead atoms. The number of rotatable bonds is 14. The fourth-order valence-corrected chi connectivity index (χ4v) is 3.40. The summed E-state index contributed by atoms with van der Waals surface area (Å²) in [5.74, 6) is 2.00. The van der Waals surface area contributed by atoms with Crippen LogP contribution >= 0.6 is 0 Å². The van der Waals surface area contributed by atoms with E-state index in [0.717, 1.165) is 11.3 Å². The van der Waals surface area contributed by atoms with E-state index >= 15 is 0 Å². The van der Waals surface area contributed by atoms with Crippen molar-refractivity contribution in [3.05, 3.63) is 64.1 Å². The molecule has 0 spiro atoms. The maximum Gasteiger partial charge on any atom is 0.273 e. The van der Waals surface area contributed by atoms with Crippen LogP contribution in [0, 0.1) is 0 Å². The standard InChI is InChI=1S/C26H32N4O6/c1-4-35-15-16-36-22-11-7-19(17-23(22)34-3)25-28-26(32)21(29-30-25)10-12-24(31)27-14-13-18-5-8-20(33-2)9-6-18/h5-9,11,17H,4,10,12-16H2,1-3H3,(H,27,31)(H,28,30,32). The number of hydrogen-bond acceptors (Lipinski definition) is 8. The highest BCUT2D eigenvalue weighted by atomic mass is 16.5. The molecule has 10 heteroatoms. The van der Waals surface area contributed by atoms with Gasteiger partial charge in [-0.3, -0.25) is 9.59 Å². The lowest BCUT2D eigenvalue weighted by Crippen LogP contribution is -2.27. The molecule has 1 aromatic heterocycles. The number of carbonyl (C=O) groups excluding carboxylic acids is 1. The van der Waals surface area contributed by atoms with Gasteiger partial charge in [0.15, 0.2) is 17.3 Å². The van der Waals surface area contributed by atoms with Crippen LogP contribution in [-0.4, -0.2) is 61.7 Å². The molecule has 10 nitrogen and oxygen atoms in total. The molecule has 0 aliphatic carbocycles. The van der Waals surface area contributed by atoms with Crippen molar-refractivity contribution in [3.63, 3.8) is 0 Å². The predicted molar refractivity (Wildman–Crippen MR) is 135 cm³/mol. The van der Waals surface area contributed by atoms with Crippen LogP contribution in [0.15, 0.2) is 47.3 Å². The summed E-state index contributed by atoms with van der Waals surface area (Å²) < 4.78 is 21.5. The summed E-state index contributed by atoms with van der Waals surface area (Å²) in [5.41, 5.74) is 1.53. The van der Waals surface area contributed by atoms with Gasteiger partial charge in [0, 0.05) is 31.6 Å². The molecule has 192 valence electrons. The molecule has 1 heterocycles. The Hall–Kier alpha value is -3.92. The van der Waals surface area contributed by atoms with Gasteiger partial charge >= 0.3 is 0 Å². The minimum atomic E-state index is -0.387. The van der Waals surface area contributed by atoms with Crippen molar-refractivity contribution in [3.8, 4) is 28.6 Å². The Morgan fingerprint density at radius 2 is 1.78 bits per heavy atom. The average Bonchev–Trinajstić information content (AvgIpc) is 2.90. The van der Waals surface area contributed by atoms with Crippen LogP contribution in [0.2, 0.25) is 0 Å². The molecule has 3 aromatic rings. The van der Waals surface area contributed by atoms with Crippen LogP contribution in [0.1, 0.15) is 24.6 Å². The summed E-state index contributed by atoms with van der Waals surface area (Å²) >= 11 is 0. The number of benzene rings is 2. The van der Waals surface area contributed by atoms with Gasteiger partial charge in [-0.15, -0.1) is 10.2 Å². The van der Waals surface area contributed by atoms with Crippen LogP contribution in [0.4, 0.5) is 0 Å². The molecule has 2 N–H and O–H groups in total. The van der Waals surface area contributed by atoms with Crippen LogP contribution in [-0.2, 0) is 22.4 Å². The van der Waals surface area contributed by atoms with Crippen molar-refractivity contribution >= 4 is 5.91 Å². The first kappa shape index (κ1) is 26.7. The van der Waals surface area contributed by atoms with Crippen molar-refractivity contribution < 1.29 is 23.7 Å². The average molecular weight is 497 g/mol. The highest BCUT2D eigenvalue weighted by Crippen LogP contribution is 2.31. The molecule has 3 rings (SSSR count). The first-order valence-electron chi connectivity index (χ1n) is 11.8. The summed E-state index contributed by atoms with van der Waals surface area (Å²) in [5, 5.41) is 11.0. The quantitative estimate of drug-likeness (QED) is 0.326. The number of aromatic amines is 1. The van der Waals surface area contributed by atoms with Gasteiger partial charge in [0.25, 0.3) is 5.56 Å². The molecule has 0 fully saturated rings. The summed E-state index contributed by atoms with van der Waals surface area (Å²) in [6, 6.07) is 12.9. The third-order valence-corrected chi connectivity index (χ3v) is 5.37. The molecule has 1 amide bonds. The molecular formula is C26H32N4O6. The molecule has 36 heavy (non-hydrogen) atoms. The first-order valence-corrected chi connectivity index (χ1v) is 11.8. The maximum absolute atomic E-state index is 12.5. The Kier molecular flexibility index (Phi) is 10.3. The van der Waals surface area contributed by atoms with Gasteiger partial charge in [-0.25, -0.2) is 0 Å². The molecular weight excluding hydrogens is 464 g/mol. The Labute approximate surface area is 210 Å². The van der Waals surface area contributed by atoms with Crippen LogP contribution in [0.25, 0.3) is 11.4 Å². The monoisotopic (exact) mass is 496 g/mol. The minimum absolute atomic E-state index is 0.140. The van der Waals surface area contributed by atoms with Gasteiger partial charge in [0.05, 0.1) is 20.8 Å². The zero-order chi connectivity index (χ0) is 25.8. The van der Waals surface area contributed by atoms with Gasteiger partial charge in [-0.2, -0.15) is 0 Å². The number of nitrogens with one attached hydrogen (secondary N) is 2. The molecule has 0 radical (unpaired) electrons. The molecule has 0 unspecified atom stereocenters. The van der Waals surface area contributed by atoms with E-state index in [-0.39, 0.29) is 30.0 Å². The van der Waals surface area contributed by atoms with E-state index in [2.05, 4.69) is 20.5 Å². The lowest BCUT2D eigenvalue weighted by Gasteiger charge is -2.12. The largest absolute Gasteiger partial charge is 0.497 e. The molecule has 0 saturated heterocycles. The number of ether oxygens (including phenoxy) is 4. The molecule has 0 saturated carbocycles. The lowest BCUT2D eigenvalue weighted by atomic mass is 10.1. The smallest absolute Gasteiger partial charge is 0.273 e. The van der Waals surface area contributed by atoms with E-state index in [1.165, 1.54) is 7.11 Å². The number of carbonyl (C=O) groups is 1. The predicted octanol–water partition coefficient (Wildman–Crippen LogP) is 2.56. The van der Waals surface area contributed by atoms with E-state index in [1.807, 2.05) is 31.2 Å². The topological polar surface area (TPSA) is 125 Å². The number of nitrogens with zero attached hydrogens (tertiary/aromatic N) is 2. The lowest BCUT2D eigenvalue weighted by molar-refractivity contribution is -0.121. The number of methoxy groups -OCH3 is 2. The zero-order valence-corrected chi connectivity index (χ0v) is 20.8. The number of H-pyrrole nitrogens is 1. The number of hydrogen-bond donors (Lipinski definition) is 2. The SMILES string of the molecule is CCOCCOc1ccc(-c2nnc(CCC(=O)NCCc3ccc(OC)cc3)c(=O)[nH]2)cc1OC. The van der Waals surface area contributed by atoms with Crippen molar-refractivity contribution in [1.82, 2.24) is 20.5 Å². The zero-order valence-electron chi connectivity index (χ0n) is 20.8. The third-order valence-electron chi connectivity index (χ3n) is 5.37. The Bertz CT molecular complexity index is 1180. The second kappa shape index (κ2) is 13.8. The Morgan fingerprint density at radius 3 is 2.47 bits per heavy atom. The molecule has 2 aromatic carbocycles. The Morgan fingerprint density at radius 1 is 0.972 bits per heavy atom. The van der Waals surface area contributed by atoms with Crippen LogP contribution in [0.5, 0.6) is 17.2 Å². The fraction of sp³-hybridized carbons (Fsp3) is 0.385. The van der Waals surface area contributed by atoms with E-state index in [0.29, 0.717) is 55.7 Å². The van der Waals surface area contributed by atoms with Crippen molar-refractivity contribution in [2.75, 3.05) is 40.6 Å². The molecule has 0 aliphatic rings. The van der Waals surface area contributed by atoms with Gasteiger partial charge in [-0.1, -0.05) is 12.1 Å². The van der Waals surface area contributed by atoms with Gasteiger partial charge in [0.2, 0.25) is 5.91 Å². The van der Waals surface area contributed by atoms with Gasteiger partial charge in [-0.05, 0) is 49.2 Å². The minimum Gasteiger partial charge on any atom is -0.497 e. The number of amides is 1. The van der Waals surface area contributed by atoms with Gasteiger partial charge in [0.1, 0.15) is 18.1 Å². The van der Waals surface area contributed by atoms with Crippen molar-refractivity contribution in [2.45, 2.75) is 26.2 Å². The van der Waals surface area contributed by atoms with E-state index in [1.54, 1.807) is 25.3 Å². The van der Waals surface area contributed by atoms with Gasteiger partial charge < -0.3 is 29.2 Å². The Balaban J connectivity index is 1.52. The number of aryl methyl sites for hydroxylation is 1. The van der Waals surface area contributed by atoms with E-state index in [9.17, 15) is 9.59 Å². The fourth-order valence-electron chi connectivity index (χ4n) is 3.40. The second-order valence-corrected chi connectivity index (χ2v) is 7.81. The normalized spacial score (nSPS) is 10.6. The summed E-state index contributed by atoms with van der Waals surface area (Å²) in [6.45, 7) is 3.91. The van der Waals surface area contributed by atoms with Crippen LogP contribution < -0.4 is 25.1 Å². The van der Waals surface area contributed by atoms with Crippen molar-refractivity contribution in [1.29, 1.82) is 0 Å². The van der Waals surface area contributed by atoms with Crippen LogP contribution in [0.3, 0.4) is 0 Å².